The standard InChI is InChI=1S/C10H10I2O4/c1-7(13)15-11-9-5-3-4-6-10(9)12-16-8(2)14/h3-6H,1-2H3/q-2. The van der Waals surface area contributed by atoms with Gasteiger partial charge in [0.2, 0.25) is 0 Å². The van der Waals surface area contributed by atoms with E-state index in [1.807, 2.05) is 24.3 Å². The molecule has 0 N–H and O–H groups in total. The van der Waals surface area contributed by atoms with Crippen LogP contribution >= 0.6 is 0 Å². The van der Waals surface area contributed by atoms with Crippen LogP contribution < -0.4 is 43.2 Å². The second kappa shape index (κ2) is 7.05. The number of halogens is 2. The summed E-state index contributed by atoms with van der Waals surface area (Å²) in [6.45, 7) is 2.78. The molecule has 1 aromatic carbocycles. The molecular formula is C10H10I2O4-2. The van der Waals surface area contributed by atoms with Crippen LogP contribution in [-0.2, 0) is 15.7 Å². The van der Waals surface area contributed by atoms with Crippen molar-refractivity contribution in [2.45, 2.75) is 13.8 Å². The fraction of sp³-hybridized carbons (Fsp3) is 0.200. The molecule has 0 radical (unpaired) electrons. The van der Waals surface area contributed by atoms with E-state index < -0.39 is 43.2 Å². The fourth-order valence-electron chi connectivity index (χ4n) is 0.756. The van der Waals surface area contributed by atoms with Crippen molar-refractivity contribution in [3.63, 3.8) is 0 Å². The molecule has 0 atom stereocenters. The summed E-state index contributed by atoms with van der Waals surface area (Å²) in [7, 11) is 0. The molecule has 0 saturated heterocycles. The second-order valence-corrected chi connectivity index (χ2v) is 6.79. The van der Waals surface area contributed by atoms with Crippen LogP contribution in [0.4, 0.5) is 0 Å². The molecule has 90 valence electrons. The Morgan fingerprint density at radius 2 is 1.31 bits per heavy atom. The Morgan fingerprint density at radius 3 is 1.62 bits per heavy atom. The van der Waals surface area contributed by atoms with E-state index in [1.54, 1.807) is 0 Å². The van der Waals surface area contributed by atoms with E-state index in [-0.39, 0.29) is 11.9 Å². The first-order valence-electron chi connectivity index (χ1n) is 4.33. The molecule has 0 fully saturated rings. The summed E-state index contributed by atoms with van der Waals surface area (Å²) in [6, 6.07) is 7.60. The Morgan fingerprint density at radius 1 is 0.938 bits per heavy atom. The second-order valence-electron chi connectivity index (χ2n) is 2.71. The zero-order valence-corrected chi connectivity index (χ0v) is 13.0. The third-order valence-electron chi connectivity index (χ3n) is 1.29. The number of carbonyl (C=O) groups excluding carboxylic acids is 2. The molecule has 0 amide bonds. The van der Waals surface area contributed by atoms with E-state index in [0.29, 0.717) is 0 Å². The Bertz CT molecular complexity index is 355. The van der Waals surface area contributed by atoms with Crippen LogP contribution in [0.5, 0.6) is 0 Å². The number of hydrogen-bond acceptors (Lipinski definition) is 4. The molecule has 0 bridgehead atoms. The van der Waals surface area contributed by atoms with Gasteiger partial charge in [-0.25, -0.2) is 0 Å². The maximum atomic E-state index is 10.7. The molecule has 0 aliphatic rings. The van der Waals surface area contributed by atoms with Gasteiger partial charge in [-0.3, -0.25) is 0 Å². The first-order chi connectivity index (χ1) is 7.59. The van der Waals surface area contributed by atoms with E-state index in [4.69, 9.17) is 6.13 Å². The molecule has 1 aromatic rings. The minimum atomic E-state index is -0.781. The minimum absolute atomic E-state index is 0.270. The van der Waals surface area contributed by atoms with Crippen LogP contribution in [0.1, 0.15) is 13.8 Å². The van der Waals surface area contributed by atoms with Gasteiger partial charge in [0.1, 0.15) is 0 Å². The van der Waals surface area contributed by atoms with Crippen LogP contribution in [0.2, 0.25) is 0 Å². The molecule has 0 aromatic heterocycles. The van der Waals surface area contributed by atoms with Gasteiger partial charge in [-0.05, 0) is 0 Å². The van der Waals surface area contributed by atoms with Crippen molar-refractivity contribution < 1.29 is 59.0 Å². The van der Waals surface area contributed by atoms with Crippen molar-refractivity contribution in [1.82, 2.24) is 0 Å². The molecule has 0 aliphatic carbocycles. The summed E-state index contributed by atoms with van der Waals surface area (Å²) < 4.78 is 12.1. The van der Waals surface area contributed by atoms with Crippen molar-refractivity contribution in [2.24, 2.45) is 0 Å². The van der Waals surface area contributed by atoms with Gasteiger partial charge >= 0.3 is 116 Å². The first-order valence-corrected chi connectivity index (χ1v) is 8.25. The molecule has 0 spiro atoms. The zero-order valence-electron chi connectivity index (χ0n) is 8.70. The number of hydrogen-bond donors (Lipinski definition) is 0. The molecule has 1 rings (SSSR count). The average molecular weight is 448 g/mol. The maximum absolute atomic E-state index is 10.7. The molecule has 16 heavy (non-hydrogen) atoms. The monoisotopic (exact) mass is 448 g/mol. The number of benzene rings is 1. The Balaban J connectivity index is 2.67. The third-order valence-corrected chi connectivity index (χ3v) is 6.83. The molecular weight excluding hydrogens is 438 g/mol. The van der Waals surface area contributed by atoms with Gasteiger partial charge in [0, 0.05) is 0 Å². The normalized spacial score (nSPS) is 10.1. The quantitative estimate of drug-likeness (QED) is 0.435. The topological polar surface area (TPSA) is 52.6 Å². The van der Waals surface area contributed by atoms with E-state index in [0.717, 1.165) is 7.14 Å². The summed E-state index contributed by atoms with van der Waals surface area (Å²) in [6.07, 6.45) is 0. The van der Waals surface area contributed by atoms with E-state index >= 15 is 0 Å². The molecule has 0 heterocycles. The van der Waals surface area contributed by atoms with E-state index in [2.05, 4.69) is 0 Å². The predicted molar refractivity (Wildman–Crippen MR) is 47.4 cm³/mol. The van der Waals surface area contributed by atoms with Crippen molar-refractivity contribution in [3.8, 4) is 0 Å². The van der Waals surface area contributed by atoms with Gasteiger partial charge in [-0.2, -0.15) is 0 Å². The first kappa shape index (κ1) is 13.7. The van der Waals surface area contributed by atoms with E-state index in [9.17, 15) is 9.59 Å². The van der Waals surface area contributed by atoms with Crippen molar-refractivity contribution >= 4 is 11.9 Å². The van der Waals surface area contributed by atoms with Crippen molar-refractivity contribution in [2.75, 3.05) is 0 Å². The van der Waals surface area contributed by atoms with Crippen LogP contribution in [0.15, 0.2) is 24.3 Å². The molecule has 4 nitrogen and oxygen atoms in total. The van der Waals surface area contributed by atoms with Gasteiger partial charge in [-0.15, -0.1) is 0 Å². The van der Waals surface area contributed by atoms with Gasteiger partial charge in [-0.1, -0.05) is 0 Å². The average Bonchev–Trinajstić information content (AvgIpc) is 2.24. The summed E-state index contributed by atoms with van der Waals surface area (Å²) in [4.78, 5) is 21.4. The molecule has 0 aliphatic heterocycles. The van der Waals surface area contributed by atoms with Gasteiger partial charge in [0.25, 0.3) is 0 Å². The Kier molecular flexibility index (Phi) is 6.03. The van der Waals surface area contributed by atoms with Crippen LogP contribution in [-0.4, -0.2) is 11.9 Å². The molecule has 6 heteroatoms. The third kappa shape index (κ3) is 5.10. The van der Waals surface area contributed by atoms with Crippen LogP contribution in [0.25, 0.3) is 0 Å². The summed E-state index contributed by atoms with van der Waals surface area (Å²) in [5.41, 5.74) is 0. The Hall–Kier alpha value is -0.380. The predicted octanol–water partition coefficient (Wildman–Crippen LogP) is -4.84. The van der Waals surface area contributed by atoms with Crippen LogP contribution in [0, 0.1) is 7.14 Å². The summed E-state index contributed by atoms with van der Waals surface area (Å²) >= 11 is -1.56. The number of carbonyl (C=O) groups is 2. The summed E-state index contributed by atoms with van der Waals surface area (Å²) in [5, 5.41) is 0. The molecule has 0 unspecified atom stereocenters. The van der Waals surface area contributed by atoms with Crippen molar-refractivity contribution in [3.05, 3.63) is 31.4 Å². The van der Waals surface area contributed by atoms with Crippen LogP contribution in [0.3, 0.4) is 0 Å². The zero-order chi connectivity index (χ0) is 12.0. The summed E-state index contributed by atoms with van der Waals surface area (Å²) in [5.74, 6) is -0.540. The van der Waals surface area contributed by atoms with Crippen molar-refractivity contribution in [1.29, 1.82) is 0 Å². The van der Waals surface area contributed by atoms with E-state index in [1.165, 1.54) is 13.8 Å². The van der Waals surface area contributed by atoms with Gasteiger partial charge in [0.15, 0.2) is 0 Å². The SMILES string of the molecule is CC(=O)O[I-]c1ccccc1[I-]OC(C)=O. The number of rotatable bonds is 4. The Labute approximate surface area is 115 Å². The van der Waals surface area contributed by atoms with Gasteiger partial charge in [0.05, 0.1) is 0 Å². The van der Waals surface area contributed by atoms with Gasteiger partial charge < -0.3 is 0 Å². The fourth-order valence-corrected chi connectivity index (χ4v) is 4.46. The molecule has 0 saturated carbocycles.